The van der Waals surface area contributed by atoms with Gasteiger partial charge in [-0.05, 0) is 66.1 Å². The number of piperazine rings is 1. The van der Waals surface area contributed by atoms with Crippen molar-refractivity contribution in [3.05, 3.63) is 93.2 Å². The van der Waals surface area contributed by atoms with Gasteiger partial charge in [-0.1, -0.05) is 24.3 Å². The smallest absolute Gasteiger partial charge is 0.325 e. The van der Waals surface area contributed by atoms with Gasteiger partial charge in [-0.15, -0.1) is 11.3 Å². The monoisotopic (exact) mass is 550 g/mol. The predicted molar refractivity (Wildman–Crippen MR) is 142 cm³/mol. The number of amides is 4. The van der Waals surface area contributed by atoms with Crippen LogP contribution in [0.4, 0.5) is 13.6 Å². The first-order valence-corrected chi connectivity index (χ1v) is 14.0. The van der Waals surface area contributed by atoms with Gasteiger partial charge >= 0.3 is 6.03 Å². The standard InChI is InChI=1S/C29H28F2N4O3S/c30-21-7-3-19(4-8-21)26(20-5-9-22(31)10-6-20)34-15-13-33(14-16-34)25(36)18-35-27(37)29(32-28(35)38)12-1-2-24-23(29)11-17-39-24/h3-11,17,26H,1-2,12-16,18H2,(H,32,38). The second-order valence-electron chi connectivity index (χ2n) is 10.3. The Morgan fingerprint density at radius 1 is 0.923 bits per heavy atom. The zero-order chi connectivity index (χ0) is 27.1. The molecule has 1 N–H and O–H groups in total. The molecule has 3 aromatic rings. The molecule has 4 amide bonds. The zero-order valence-electron chi connectivity index (χ0n) is 21.2. The molecule has 1 atom stereocenters. The number of nitrogens with zero attached hydrogens (tertiary/aromatic N) is 3. The molecule has 1 aromatic heterocycles. The molecule has 3 heterocycles. The summed E-state index contributed by atoms with van der Waals surface area (Å²) in [6, 6.07) is 13.6. The van der Waals surface area contributed by atoms with Crippen molar-refractivity contribution in [1.82, 2.24) is 20.0 Å². The summed E-state index contributed by atoms with van der Waals surface area (Å²) < 4.78 is 27.2. The number of nitrogens with one attached hydrogen (secondary N) is 1. The number of rotatable bonds is 5. The van der Waals surface area contributed by atoms with E-state index in [1.165, 1.54) is 24.3 Å². The van der Waals surface area contributed by atoms with Crippen LogP contribution in [0.15, 0.2) is 60.0 Å². The normalized spacial score (nSPS) is 21.5. The van der Waals surface area contributed by atoms with Gasteiger partial charge in [0.25, 0.3) is 5.91 Å². The lowest BCUT2D eigenvalue weighted by atomic mass is 9.80. The van der Waals surface area contributed by atoms with E-state index in [-0.39, 0.29) is 36.0 Å². The molecule has 3 aliphatic rings. The van der Waals surface area contributed by atoms with E-state index in [0.29, 0.717) is 32.6 Å². The van der Waals surface area contributed by atoms with Crippen molar-refractivity contribution in [2.24, 2.45) is 0 Å². The van der Waals surface area contributed by atoms with Crippen LogP contribution in [0.25, 0.3) is 0 Å². The maximum Gasteiger partial charge on any atom is 0.325 e. The van der Waals surface area contributed by atoms with Gasteiger partial charge in [0.1, 0.15) is 23.7 Å². The van der Waals surface area contributed by atoms with Crippen molar-refractivity contribution in [3.8, 4) is 0 Å². The van der Waals surface area contributed by atoms with Crippen LogP contribution in [-0.2, 0) is 21.5 Å². The van der Waals surface area contributed by atoms with Crippen molar-refractivity contribution in [3.63, 3.8) is 0 Å². The number of hydrogen-bond donors (Lipinski definition) is 1. The van der Waals surface area contributed by atoms with E-state index < -0.39 is 11.6 Å². The molecule has 0 bridgehead atoms. The molecule has 39 heavy (non-hydrogen) atoms. The average molecular weight is 551 g/mol. The highest BCUT2D eigenvalue weighted by Crippen LogP contribution is 2.42. The molecule has 0 radical (unpaired) electrons. The number of urea groups is 1. The lowest BCUT2D eigenvalue weighted by molar-refractivity contribution is -0.140. The highest BCUT2D eigenvalue weighted by atomic mass is 32.1. The van der Waals surface area contributed by atoms with E-state index in [4.69, 9.17) is 0 Å². The van der Waals surface area contributed by atoms with Crippen LogP contribution in [0, 0.1) is 11.6 Å². The Morgan fingerprint density at radius 3 is 2.15 bits per heavy atom. The summed E-state index contributed by atoms with van der Waals surface area (Å²) in [6.07, 6.45) is 2.21. The van der Waals surface area contributed by atoms with Gasteiger partial charge in [0.2, 0.25) is 5.91 Å². The van der Waals surface area contributed by atoms with Crippen LogP contribution in [0.1, 0.15) is 40.5 Å². The molecule has 10 heteroatoms. The first-order chi connectivity index (χ1) is 18.9. The molecule has 7 nitrogen and oxygen atoms in total. The molecule has 2 aliphatic heterocycles. The van der Waals surface area contributed by atoms with E-state index in [9.17, 15) is 23.2 Å². The van der Waals surface area contributed by atoms with Gasteiger partial charge < -0.3 is 10.2 Å². The zero-order valence-corrected chi connectivity index (χ0v) is 22.1. The number of halogens is 2. The van der Waals surface area contributed by atoms with Gasteiger partial charge in [0.05, 0.1) is 6.04 Å². The first kappa shape index (κ1) is 25.6. The maximum atomic E-state index is 13.6. The minimum Gasteiger partial charge on any atom is -0.339 e. The lowest BCUT2D eigenvalue weighted by Gasteiger charge is -2.40. The number of fused-ring (bicyclic) bond motifs is 2. The number of carbonyl (C=O) groups excluding carboxylic acids is 3. The summed E-state index contributed by atoms with van der Waals surface area (Å²) in [6.45, 7) is 1.55. The Balaban J connectivity index is 1.14. The summed E-state index contributed by atoms with van der Waals surface area (Å²) in [5.74, 6) is -1.31. The second-order valence-corrected chi connectivity index (χ2v) is 11.3. The minimum atomic E-state index is -1.07. The molecule has 1 unspecified atom stereocenters. The van der Waals surface area contributed by atoms with Crippen LogP contribution in [0.5, 0.6) is 0 Å². The van der Waals surface area contributed by atoms with Gasteiger partial charge in [0, 0.05) is 36.6 Å². The van der Waals surface area contributed by atoms with Crippen molar-refractivity contribution < 1.29 is 23.2 Å². The molecule has 0 saturated carbocycles. The Labute approximate surface area is 229 Å². The quantitative estimate of drug-likeness (QED) is 0.487. The molecule has 1 aliphatic carbocycles. The summed E-state index contributed by atoms with van der Waals surface area (Å²) in [5, 5.41) is 4.84. The average Bonchev–Trinajstić information content (AvgIpc) is 3.52. The van der Waals surface area contributed by atoms with E-state index in [1.807, 2.05) is 11.4 Å². The van der Waals surface area contributed by atoms with E-state index >= 15 is 0 Å². The summed E-state index contributed by atoms with van der Waals surface area (Å²) in [5.41, 5.74) is 1.52. The highest BCUT2D eigenvalue weighted by Gasteiger charge is 2.54. The number of thiophene rings is 1. The van der Waals surface area contributed by atoms with Crippen molar-refractivity contribution in [1.29, 1.82) is 0 Å². The minimum absolute atomic E-state index is 0.236. The molecule has 2 aromatic carbocycles. The molecule has 6 rings (SSSR count). The van der Waals surface area contributed by atoms with E-state index in [1.54, 1.807) is 40.5 Å². The maximum absolute atomic E-state index is 13.6. The lowest BCUT2D eigenvalue weighted by Crippen LogP contribution is -2.53. The number of carbonyl (C=O) groups is 3. The Hall–Kier alpha value is -3.63. The number of benzene rings is 2. The Kier molecular flexibility index (Phi) is 6.68. The Morgan fingerprint density at radius 2 is 1.54 bits per heavy atom. The molecule has 2 saturated heterocycles. The second kappa shape index (κ2) is 10.2. The van der Waals surface area contributed by atoms with Crippen LogP contribution < -0.4 is 5.32 Å². The third-order valence-electron chi connectivity index (χ3n) is 8.03. The molecular weight excluding hydrogens is 522 g/mol. The highest BCUT2D eigenvalue weighted by molar-refractivity contribution is 7.10. The third kappa shape index (κ3) is 4.61. The van der Waals surface area contributed by atoms with Crippen LogP contribution in [0.2, 0.25) is 0 Å². The van der Waals surface area contributed by atoms with Gasteiger partial charge in [-0.25, -0.2) is 13.6 Å². The van der Waals surface area contributed by atoms with Gasteiger partial charge in [0.15, 0.2) is 0 Å². The predicted octanol–water partition coefficient (Wildman–Crippen LogP) is 4.04. The first-order valence-electron chi connectivity index (χ1n) is 13.1. The summed E-state index contributed by atoms with van der Waals surface area (Å²) in [4.78, 5) is 45.6. The van der Waals surface area contributed by atoms with Crippen LogP contribution >= 0.6 is 11.3 Å². The van der Waals surface area contributed by atoms with Crippen molar-refractivity contribution in [2.45, 2.75) is 30.8 Å². The summed E-state index contributed by atoms with van der Waals surface area (Å²) in [7, 11) is 0. The fourth-order valence-corrected chi connectivity index (χ4v) is 7.05. The fourth-order valence-electron chi connectivity index (χ4n) is 6.05. The fraction of sp³-hybridized carbons (Fsp3) is 0.345. The van der Waals surface area contributed by atoms with Gasteiger partial charge in [-0.3, -0.25) is 19.4 Å². The van der Waals surface area contributed by atoms with Gasteiger partial charge in [-0.2, -0.15) is 0 Å². The largest absolute Gasteiger partial charge is 0.339 e. The number of imide groups is 1. The molecule has 202 valence electrons. The SMILES string of the molecule is O=C(CN1C(=O)NC2(CCCc3sccc32)C1=O)N1CCN(C(c2ccc(F)cc2)c2ccc(F)cc2)CC1. The van der Waals surface area contributed by atoms with E-state index in [0.717, 1.165) is 39.3 Å². The molecular formula is C29H28F2N4O3S. The van der Waals surface area contributed by atoms with Crippen LogP contribution in [0.3, 0.4) is 0 Å². The van der Waals surface area contributed by atoms with Crippen molar-refractivity contribution >= 4 is 29.2 Å². The topological polar surface area (TPSA) is 73.0 Å². The molecule has 1 spiro atoms. The van der Waals surface area contributed by atoms with E-state index in [2.05, 4.69) is 10.2 Å². The van der Waals surface area contributed by atoms with Crippen molar-refractivity contribution in [2.75, 3.05) is 32.7 Å². The summed E-state index contributed by atoms with van der Waals surface area (Å²) >= 11 is 1.59. The molecule has 2 fully saturated rings. The number of aryl methyl sites for hydroxylation is 1. The Bertz CT molecular complexity index is 1360. The third-order valence-corrected chi connectivity index (χ3v) is 9.01. The number of hydrogen-bond acceptors (Lipinski definition) is 5. The van der Waals surface area contributed by atoms with Crippen LogP contribution in [-0.4, -0.2) is 65.3 Å².